The smallest absolute Gasteiger partial charge is 0.219 e. The van der Waals surface area contributed by atoms with E-state index in [1.54, 1.807) is 31.5 Å². The Morgan fingerprint density at radius 3 is 2.80 bits per heavy atom. The number of benzene rings is 1. The molecule has 20 heavy (non-hydrogen) atoms. The first kappa shape index (κ1) is 12.6. The van der Waals surface area contributed by atoms with Gasteiger partial charge < -0.3 is 9.84 Å². The number of aromatic nitrogens is 2. The maximum absolute atomic E-state index is 9.59. The zero-order valence-corrected chi connectivity index (χ0v) is 11.0. The Hall–Kier alpha value is -2.46. The summed E-state index contributed by atoms with van der Waals surface area (Å²) in [6, 6.07) is 13.0. The third-order valence-electron chi connectivity index (χ3n) is 3.06. The van der Waals surface area contributed by atoms with E-state index in [1.165, 1.54) is 0 Å². The number of aliphatic hydroxyl groups is 1. The van der Waals surface area contributed by atoms with Crippen LogP contribution in [-0.4, -0.2) is 15.1 Å². The number of hydrogen-bond donors (Lipinski definition) is 1. The highest BCUT2D eigenvalue weighted by atomic mass is 16.5. The van der Waals surface area contributed by atoms with Gasteiger partial charge in [-0.05, 0) is 42.8 Å². The van der Waals surface area contributed by atoms with Crippen LogP contribution in [0.3, 0.4) is 0 Å². The van der Waals surface area contributed by atoms with Gasteiger partial charge in [-0.25, -0.2) is 4.98 Å². The molecule has 0 aliphatic rings. The summed E-state index contributed by atoms with van der Waals surface area (Å²) >= 11 is 0. The molecule has 0 saturated carbocycles. The van der Waals surface area contributed by atoms with Crippen LogP contribution in [-0.2, 0) is 0 Å². The topological polar surface area (TPSA) is 55.2 Å². The van der Waals surface area contributed by atoms with E-state index in [0.29, 0.717) is 11.6 Å². The summed E-state index contributed by atoms with van der Waals surface area (Å²) in [6.45, 7) is 1.71. The first-order valence-electron chi connectivity index (χ1n) is 6.39. The fraction of sp³-hybridized carbons (Fsp3) is 0.125. The van der Waals surface area contributed by atoms with Crippen LogP contribution in [0, 0.1) is 0 Å². The number of ether oxygens (including phenoxy) is 1. The first-order valence-corrected chi connectivity index (χ1v) is 6.39. The second kappa shape index (κ2) is 5.27. The minimum atomic E-state index is -0.547. The Bertz CT molecular complexity index is 736. The van der Waals surface area contributed by atoms with Crippen LogP contribution >= 0.6 is 0 Å². The maximum atomic E-state index is 9.59. The molecule has 1 atom stereocenters. The van der Waals surface area contributed by atoms with Crippen molar-refractivity contribution in [3.63, 3.8) is 0 Å². The zero-order chi connectivity index (χ0) is 13.9. The van der Waals surface area contributed by atoms with E-state index in [2.05, 4.69) is 9.97 Å². The molecule has 0 aliphatic heterocycles. The van der Waals surface area contributed by atoms with Crippen molar-refractivity contribution in [2.75, 3.05) is 0 Å². The second-order valence-electron chi connectivity index (χ2n) is 4.53. The number of pyridine rings is 2. The molecule has 1 aromatic carbocycles. The number of nitrogens with zero attached hydrogens (tertiary/aromatic N) is 2. The van der Waals surface area contributed by atoms with Crippen LogP contribution in [0.15, 0.2) is 54.9 Å². The lowest BCUT2D eigenvalue weighted by atomic mass is 10.2. The van der Waals surface area contributed by atoms with Crippen molar-refractivity contribution in [1.29, 1.82) is 0 Å². The third-order valence-corrected chi connectivity index (χ3v) is 3.06. The molecule has 0 amide bonds. The predicted octanol–water partition coefficient (Wildman–Crippen LogP) is 3.48. The van der Waals surface area contributed by atoms with E-state index in [0.717, 1.165) is 16.5 Å². The van der Waals surface area contributed by atoms with Crippen molar-refractivity contribution in [2.24, 2.45) is 0 Å². The lowest BCUT2D eigenvalue weighted by Gasteiger charge is -2.09. The average Bonchev–Trinajstić information content (AvgIpc) is 2.48. The normalized spacial score (nSPS) is 12.3. The molecular formula is C16H14N2O2. The van der Waals surface area contributed by atoms with Crippen molar-refractivity contribution in [3.8, 4) is 11.6 Å². The van der Waals surface area contributed by atoms with Gasteiger partial charge in [-0.15, -0.1) is 0 Å². The molecule has 0 fully saturated rings. The summed E-state index contributed by atoms with van der Waals surface area (Å²) in [5.74, 6) is 1.16. The molecule has 3 aromatic rings. The molecule has 4 heteroatoms. The predicted molar refractivity (Wildman–Crippen MR) is 76.7 cm³/mol. The zero-order valence-electron chi connectivity index (χ0n) is 11.0. The first-order chi connectivity index (χ1) is 9.74. The molecule has 2 heterocycles. The summed E-state index contributed by atoms with van der Waals surface area (Å²) in [5, 5.41) is 10.5. The average molecular weight is 266 g/mol. The largest absolute Gasteiger partial charge is 0.438 e. The minimum Gasteiger partial charge on any atom is -0.438 e. The van der Waals surface area contributed by atoms with E-state index in [-0.39, 0.29) is 0 Å². The molecule has 0 aliphatic carbocycles. The minimum absolute atomic E-state index is 0.458. The molecule has 4 nitrogen and oxygen atoms in total. The fourth-order valence-corrected chi connectivity index (χ4v) is 2.02. The van der Waals surface area contributed by atoms with Crippen LogP contribution in [0.2, 0.25) is 0 Å². The highest BCUT2D eigenvalue weighted by molar-refractivity contribution is 5.85. The van der Waals surface area contributed by atoms with Crippen LogP contribution in [0.4, 0.5) is 0 Å². The summed E-state index contributed by atoms with van der Waals surface area (Å²) in [6.07, 6.45) is 2.83. The van der Waals surface area contributed by atoms with Crippen LogP contribution < -0.4 is 4.74 Å². The fourth-order valence-electron chi connectivity index (χ4n) is 2.02. The highest BCUT2D eigenvalue weighted by Gasteiger charge is 2.07. The van der Waals surface area contributed by atoms with E-state index in [1.807, 2.05) is 30.3 Å². The van der Waals surface area contributed by atoms with Gasteiger partial charge in [-0.1, -0.05) is 6.07 Å². The molecule has 0 spiro atoms. The molecule has 100 valence electrons. The number of aliphatic hydroxyl groups excluding tert-OH is 1. The van der Waals surface area contributed by atoms with Gasteiger partial charge in [0.05, 0.1) is 11.6 Å². The van der Waals surface area contributed by atoms with E-state index < -0.39 is 6.10 Å². The molecule has 2 aromatic heterocycles. The van der Waals surface area contributed by atoms with Gasteiger partial charge in [0.15, 0.2) is 0 Å². The van der Waals surface area contributed by atoms with Crippen LogP contribution in [0.5, 0.6) is 11.6 Å². The Balaban J connectivity index is 1.99. The summed E-state index contributed by atoms with van der Waals surface area (Å²) in [5.41, 5.74) is 1.64. The van der Waals surface area contributed by atoms with Gasteiger partial charge in [-0.3, -0.25) is 4.98 Å². The Kier molecular flexibility index (Phi) is 3.31. The number of rotatable bonds is 3. The lowest BCUT2D eigenvalue weighted by molar-refractivity contribution is 0.198. The Labute approximate surface area is 116 Å². The monoisotopic (exact) mass is 266 g/mol. The van der Waals surface area contributed by atoms with Gasteiger partial charge >= 0.3 is 0 Å². The maximum Gasteiger partial charge on any atom is 0.219 e. The third kappa shape index (κ3) is 2.46. The van der Waals surface area contributed by atoms with Gasteiger partial charge in [0.25, 0.3) is 0 Å². The van der Waals surface area contributed by atoms with Gasteiger partial charge in [0.2, 0.25) is 5.88 Å². The molecule has 3 rings (SSSR count). The SMILES string of the molecule is C[C@H](O)c1ccnc(Oc2cccc3ncccc23)c1. The van der Waals surface area contributed by atoms with E-state index in [9.17, 15) is 5.11 Å². The van der Waals surface area contributed by atoms with Crippen molar-refractivity contribution in [1.82, 2.24) is 9.97 Å². The Morgan fingerprint density at radius 1 is 1.05 bits per heavy atom. The van der Waals surface area contributed by atoms with Gasteiger partial charge in [0, 0.05) is 23.8 Å². The Morgan fingerprint density at radius 2 is 1.95 bits per heavy atom. The molecular weight excluding hydrogens is 252 g/mol. The van der Waals surface area contributed by atoms with Gasteiger partial charge in [-0.2, -0.15) is 0 Å². The molecule has 0 unspecified atom stereocenters. The van der Waals surface area contributed by atoms with Crippen LogP contribution in [0.25, 0.3) is 10.9 Å². The van der Waals surface area contributed by atoms with E-state index in [4.69, 9.17) is 4.74 Å². The molecule has 0 bridgehead atoms. The van der Waals surface area contributed by atoms with Crippen molar-refractivity contribution < 1.29 is 9.84 Å². The second-order valence-corrected chi connectivity index (χ2v) is 4.53. The molecule has 1 N–H and O–H groups in total. The van der Waals surface area contributed by atoms with Crippen molar-refractivity contribution >= 4 is 10.9 Å². The summed E-state index contributed by atoms with van der Waals surface area (Å²) < 4.78 is 5.82. The standard InChI is InChI=1S/C16H14N2O2/c1-11(19)12-7-9-18-16(10-12)20-15-6-2-5-14-13(15)4-3-8-17-14/h2-11,19H,1H3/t11-/m0/s1. The molecule has 0 radical (unpaired) electrons. The van der Waals surface area contributed by atoms with Gasteiger partial charge in [0.1, 0.15) is 5.75 Å². The summed E-state index contributed by atoms with van der Waals surface area (Å²) in [7, 11) is 0. The lowest BCUT2D eigenvalue weighted by Crippen LogP contribution is -1.94. The van der Waals surface area contributed by atoms with Crippen molar-refractivity contribution in [3.05, 3.63) is 60.4 Å². The summed E-state index contributed by atoms with van der Waals surface area (Å²) in [4.78, 5) is 8.46. The number of fused-ring (bicyclic) bond motifs is 1. The van der Waals surface area contributed by atoms with E-state index >= 15 is 0 Å². The quantitative estimate of drug-likeness (QED) is 0.788. The molecule has 0 saturated heterocycles. The number of hydrogen-bond acceptors (Lipinski definition) is 4. The highest BCUT2D eigenvalue weighted by Crippen LogP contribution is 2.28. The van der Waals surface area contributed by atoms with Crippen LogP contribution in [0.1, 0.15) is 18.6 Å². The van der Waals surface area contributed by atoms with Crippen molar-refractivity contribution in [2.45, 2.75) is 13.0 Å².